The third-order valence-corrected chi connectivity index (χ3v) is 4.18. The summed E-state index contributed by atoms with van der Waals surface area (Å²) in [4.78, 5) is 6.65. The van der Waals surface area contributed by atoms with E-state index < -0.39 is 0 Å². The molecule has 0 amide bonds. The summed E-state index contributed by atoms with van der Waals surface area (Å²) in [5.74, 6) is 0. The fraction of sp³-hybridized carbons (Fsp3) is 0.769. The van der Waals surface area contributed by atoms with Crippen LogP contribution in [0.4, 0.5) is 0 Å². The molecule has 0 aromatic carbocycles. The van der Waals surface area contributed by atoms with Crippen LogP contribution in [0.5, 0.6) is 0 Å². The number of morpholine rings is 1. The molecule has 1 aromatic heterocycles. The van der Waals surface area contributed by atoms with E-state index >= 15 is 0 Å². The summed E-state index contributed by atoms with van der Waals surface area (Å²) in [5, 5.41) is 9.15. The number of nitrogens with zero attached hydrogens (tertiary/aromatic N) is 3. The van der Waals surface area contributed by atoms with Gasteiger partial charge in [-0.3, -0.25) is 4.90 Å². The molecular weight excluding hydrogens is 244 g/mol. The van der Waals surface area contributed by atoms with Crippen molar-refractivity contribution in [2.45, 2.75) is 37.6 Å². The van der Waals surface area contributed by atoms with Crippen molar-refractivity contribution in [3.05, 3.63) is 18.2 Å². The number of nitrogens with two attached hydrogens (primary N) is 1. The zero-order valence-electron chi connectivity index (χ0n) is 11.1. The fourth-order valence-corrected chi connectivity index (χ4v) is 3.10. The highest BCUT2D eigenvalue weighted by atomic mass is 16.5. The number of aliphatic hydroxyl groups excluding tert-OH is 1. The Kier molecular flexibility index (Phi) is 3.83. The monoisotopic (exact) mass is 266 g/mol. The van der Waals surface area contributed by atoms with Crippen molar-refractivity contribution in [1.82, 2.24) is 14.5 Å². The lowest BCUT2D eigenvalue weighted by Gasteiger charge is -2.35. The highest BCUT2D eigenvalue weighted by molar-refractivity contribution is 5.05. The molecule has 3 unspecified atom stereocenters. The first-order chi connectivity index (χ1) is 9.28. The number of aromatic nitrogens is 2. The zero-order valence-corrected chi connectivity index (χ0v) is 11.1. The van der Waals surface area contributed by atoms with Crippen molar-refractivity contribution >= 4 is 0 Å². The molecule has 3 heterocycles. The van der Waals surface area contributed by atoms with Gasteiger partial charge in [-0.15, -0.1) is 0 Å². The van der Waals surface area contributed by atoms with Gasteiger partial charge in [0.05, 0.1) is 43.9 Å². The fourth-order valence-electron chi connectivity index (χ4n) is 3.10. The van der Waals surface area contributed by atoms with E-state index in [1.165, 1.54) is 19.4 Å². The molecule has 2 saturated heterocycles. The molecular formula is C13H22N4O2. The van der Waals surface area contributed by atoms with E-state index in [1.54, 1.807) is 12.5 Å². The Morgan fingerprint density at radius 3 is 3.32 bits per heavy atom. The van der Waals surface area contributed by atoms with Gasteiger partial charge in [0.25, 0.3) is 0 Å². The zero-order chi connectivity index (χ0) is 13.2. The van der Waals surface area contributed by atoms with Gasteiger partial charge in [-0.1, -0.05) is 0 Å². The SMILES string of the molecule is NC(CO)c1cncn1CC1CN2CCCC2CO1. The predicted octanol–water partition coefficient (Wildman–Crippen LogP) is -0.262. The normalized spacial score (nSPS) is 29.4. The minimum absolute atomic E-state index is 0.0641. The van der Waals surface area contributed by atoms with E-state index in [4.69, 9.17) is 15.6 Å². The molecule has 2 fully saturated rings. The quantitative estimate of drug-likeness (QED) is 0.785. The largest absolute Gasteiger partial charge is 0.394 e. The van der Waals surface area contributed by atoms with Gasteiger partial charge in [0, 0.05) is 18.8 Å². The second-order valence-corrected chi connectivity index (χ2v) is 5.51. The van der Waals surface area contributed by atoms with Crippen LogP contribution in [0.3, 0.4) is 0 Å². The van der Waals surface area contributed by atoms with Crippen molar-refractivity contribution in [2.75, 3.05) is 26.3 Å². The molecule has 6 heteroatoms. The van der Waals surface area contributed by atoms with E-state index in [2.05, 4.69) is 9.88 Å². The second kappa shape index (κ2) is 5.58. The standard InChI is InChI=1S/C13H22N4O2/c14-12(7-18)13-4-15-9-17(13)6-11-5-16-3-1-2-10(16)8-19-11/h4,9-12,18H,1-3,5-8,14H2. The summed E-state index contributed by atoms with van der Waals surface area (Å²) in [6, 6.07) is 0.254. The Morgan fingerprint density at radius 2 is 2.47 bits per heavy atom. The molecule has 0 spiro atoms. The molecule has 0 bridgehead atoms. The van der Waals surface area contributed by atoms with Gasteiger partial charge in [-0.05, 0) is 19.4 Å². The topological polar surface area (TPSA) is 76.5 Å². The third-order valence-electron chi connectivity index (χ3n) is 4.18. The Balaban J connectivity index is 1.64. The summed E-state index contributed by atoms with van der Waals surface area (Å²) in [5.41, 5.74) is 6.74. The Labute approximate surface area is 113 Å². The van der Waals surface area contributed by atoms with Crippen molar-refractivity contribution in [1.29, 1.82) is 0 Å². The van der Waals surface area contributed by atoms with Gasteiger partial charge in [0.15, 0.2) is 0 Å². The number of imidazole rings is 1. The number of rotatable bonds is 4. The van der Waals surface area contributed by atoms with E-state index in [0.717, 1.165) is 25.4 Å². The lowest BCUT2D eigenvalue weighted by Crippen LogP contribution is -2.47. The molecule has 1 aromatic rings. The van der Waals surface area contributed by atoms with Crippen LogP contribution >= 0.6 is 0 Å². The summed E-state index contributed by atoms with van der Waals surface area (Å²) >= 11 is 0. The van der Waals surface area contributed by atoms with Crippen molar-refractivity contribution in [3.8, 4) is 0 Å². The maximum absolute atomic E-state index is 9.15. The maximum atomic E-state index is 9.15. The van der Waals surface area contributed by atoms with Gasteiger partial charge in [-0.25, -0.2) is 4.98 Å². The predicted molar refractivity (Wildman–Crippen MR) is 70.6 cm³/mol. The number of aliphatic hydroxyl groups is 1. The van der Waals surface area contributed by atoms with Gasteiger partial charge in [0.1, 0.15) is 0 Å². The Morgan fingerprint density at radius 1 is 1.58 bits per heavy atom. The van der Waals surface area contributed by atoms with Crippen LogP contribution in [0.2, 0.25) is 0 Å². The van der Waals surface area contributed by atoms with Crippen molar-refractivity contribution < 1.29 is 9.84 Å². The lowest BCUT2D eigenvalue weighted by molar-refractivity contribution is -0.0555. The van der Waals surface area contributed by atoms with Crippen LogP contribution in [-0.4, -0.2) is 58.0 Å². The first kappa shape index (κ1) is 13.1. The Bertz CT molecular complexity index is 423. The second-order valence-electron chi connectivity index (χ2n) is 5.51. The highest BCUT2D eigenvalue weighted by Crippen LogP contribution is 2.23. The number of hydrogen-bond acceptors (Lipinski definition) is 5. The molecule has 3 N–H and O–H groups in total. The van der Waals surface area contributed by atoms with Gasteiger partial charge < -0.3 is 20.1 Å². The molecule has 6 nitrogen and oxygen atoms in total. The first-order valence-electron chi connectivity index (χ1n) is 7.00. The van der Waals surface area contributed by atoms with Crippen molar-refractivity contribution in [2.24, 2.45) is 5.73 Å². The highest BCUT2D eigenvalue weighted by Gasteiger charge is 2.32. The van der Waals surface area contributed by atoms with Crippen LogP contribution in [0, 0.1) is 0 Å². The number of hydrogen-bond donors (Lipinski definition) is 2. The summed E-state index contributed by atoms with van der Waals surface area (Å²) in [6.07, 6.45) is 6.23. The molecule has 0 saturated carbocycles. The average molecular weight is 266 g/mol. The van der Waals surface area contributed by atoms with Crippen LogP contribution in [0.25, 0.3) is 0 Å². The molecule has 19 heavy (non-hydrogen) atoms. The molecule has 2 aliphatic heterocycles. The number of fused-ring (bicyclic) bond motifs is 1. The van der Waals surface area contributed by atoms with Crippen LogP contribution in [0.1, 0.15) is 24.6 Å². The summed E-state index contributed by atoms with van der Waals surface area (Å²) in [6.45, 7) is 3.70. The summed E-state index contributed by atoms with van der Waals surface area (Å²) in [7, 11) is 0. The Hall–Kier alpha value is -0.950. The molecule has 106 valence electrons. The molecule has 0 radical (unpaired) electrons. The van der Waals surface area contributed by atoms with Gasteiger partial charge >= 0.3 is 0 Å². The van der Waals surface area contributed by atoms with Crippen LogP contribution in [-0.2, 0) is 11.3 Å². The van der Waals surface area contributed by atoms with Gasteiger partial charge in [-0.2, -0.15) is 0 Å². The lowest BCUT2D eigenvalue weighted by atomic mass is 10.2. The van der Waals surface area contributed by atoms with Crippen LogP contribution < -0.4 is 5.73 Å². The third kappa shape index (κ3) is 2.67. The van der Waals surface area contributed by atoms with Crippen molar-refractivity contribution in [3.63, 3.8) is 0 Å². The molecule has 0 aliphatic carbocycles. The smallest absolute Gasteiger partial charge is 0.0949 e. The minimum atomic E-state index is -0.370. The first-order valence-corrected chi connectivity index (χ1v) is 7.00. The van der Waals surface area contributed by atoms with Gasteiger partial charge in [0.2, 0.25) is 0 Å². The maximum Gasteiger partial charge on any atom is 0.0949 e. The van der Waals surface area contributed by atoms with E-state index in [-0.39, 0.29) is 18.8 Å². The molecule has 2 aliphatic rings. The van der Waals surface area contributed by atoms with E-state index in [9.17, 15) is 0 Å². The van der Waals surface area contributed by atoms with E-state index in [1.807, 2.05) is 4.57 Å². The molecule has 3 rings (SSSR count). The number of ether oxygens (including phenoxy) is 1. The van der Waals surface area contributed by atoms with Crippen LogP contribution in [0.15, 0.2) is 12.5 Å². The average Bonchev–Trinajstić information content (AvgIpc) is 3.06. The minimum Gasteiger partial charge on any atom is -0.394 e. The van der Waals surface area contributed by atoms with E-state index in [0.29, 0.717) is 6.04 Å². The summed E-state index contributed by atoms with van der Waals surface area (Å²) < 4.78 is 7.94. The molecule has 3 atom stereocenters.